The van der Waals surface area contributed by atoms with E-state index in [2.05, 4.69) is 39.0 Å². The summed E-state index contributed by atoms with van der Waals surface area (Å²) in [7, 11) is 0. The van der Waals surface area contributed by atoms with Gasteiger partial charge >= 0.3 is 0 Å². The highest BCUT2D eigenvalue weighted by molar-refractivity contribution is 9.10. The normalized spacial score (nSPS) is 15.2. The molecule has 0 atom stereocenters. The Morgan fingerprint density at radius 1 is 1.20 bits per heavy atom. The van der Waals surface area contributed by atoms with Gasteiger partial charge in [0, 0.05) is 35.4 Å². The number of anilines is 1. The number of ether oxygens (including phenoxy) is 1. The second-order valence-electron chi connectivity index (χ2n) is 5.01. The lowest BCUT2D eigenvalue weighted by molar-refractivity contribution is 0.220. The van der Waals surface area contributed by atoms with Crippen LogP contribution in [0.25, 0.3) is 0 Å². The molecule has 2 aromatic rings. The average Bonchev–Trinajstić information content (AvgIpc) is 2.63. The van der Waals surface area contributed by atoms with Crippen LogP contribution in [0.1, 0.15) is 11.1 Å². The second kappa shape index (κ2) is 5.85. The highest BCUT2D eigenvalue weighted by Gasteiger charge is 2.15. The number of para-hydroxylation sites is 1. The molecule has 0 saturated carbocycles. The Morgan fingerprint density at radius 2 is 2.05 bits per heavy atom. The molecule has 2 N–H and O–H groups in total. The maximum absolute atomic E-state index is 6.08. The van der Waals surface area contributed by atoms with Gasteiger partial charge in [-0.05, 0) is 23.8 Å². The molecule has 3 nitrogen and oxygen atoms in total. The SMILES string of the molecule is Nc1cc(Br)ccc1CN1CCOc2ccccc2C1. The van der Waals surface area contributed by atoms with Crippen LogP contribution in [0.2, 0.25) is 0 Å². The molecule has 0 bridgehead atoms. The van der Waals surface area contributed by atoms with Crippen molar-refractivity contribution in [3.05, 3.63) is 58.1 Å². The Bertz CT molecular complexity index is 615. The van der Waals surface area contributed by atoms with Gasteiger partial charge in [0.2, 0.25) is 0 Å². The molecule has 0 unspecified atom stereocenters. The molecule has 0 spiro atoms. The zero-order valence-electron chi connectivity index (χ0n) is 11.2. The third-order valence-electron chi connectivity index (χ3n) is 3.53. The smallest absolute Gasteiger partial charge is 0.123 e. The Balaban J connectivity index is 1.78. The van der Waals surface area contributed by atoms with E-state index in [0.717, 1.165) is 41.1 Å². The predicted molar refractivity (Wildman–Crippen MR) is 84.6 cm³/mol. The summed E-state index contributed by atoms with van der Waals surface area (Å²) in [6, 6.07) is 14.3. The van der Waals surface area contributed by atoms with Crippen LogP contribution >= 0.6 is 15.9 Å². The van der Waals surface area contributed by atoms with Crippen LogP contribution in [0.3, 0.4) is 0 Å². The van der Waals surface area contributed by atoms with E-state index in [4.69, 9.17) is 10.5 Å². The third-order valence-corrected chi connectivity index (χ3v) is 4.03. The minimum absolute atomic E-state index is 0.716. The standard InChI is InChI=1S/C16H17BrN2O/c17-14-6-5-12(15(18)9-14)10-19-7-8-20-16-4-2-1-3-13(16)11-19/h1-6,9H,7-8,10-11,18H2. The van der Waals surface area contributed by atoms with Gasteiger partial charge in [-0.3, -0.25) is 4.90 Å². The van der Waals surface area contributed by atoms with Crippen LogP contribution in [0, 0.1) is 0 Å². The highest BCUT2D eigenvalue weighted by Crippen LogP contribution is 2.25. The zero-order valence-corrected chi connectivity index (χ0v) is 12.8. The molecule has 2 aromatic carbocycles. The van der Waals surface area contributed by atoms with Crippen molar-refractivity contribution in [3.63, 3.8) is 0 Å². The lowest BCUT2D eigenvalue weighted by Gasteiger charge is -2.20. The molecule has 0 saturated heterocycles. The first-order valence-electron chi connectivity index (χ1n) is 6.69. The largest absolute Gasteiger partial charge is 0.492 e. The minimum atomic E-state index is 0.716. The molecule has 104 valence electrons. The number of hydrogen-bond acceptors (Lipinski definition) is 3. The molecular weight excluding hydrogens is 316 g/mol. The fraction of sp³-hybridized carbons (Fsp3) is 0.250. The van der Waals surface area contributed by atoms with Crippen molar-refractivity contribution in [2.75, 3.05) is 18.9 Å². The van der Waals surface area contributed by atoms with Gasteiger partial charge in [0.25, 0.3) is 0 Å². The number of benzene rings is 2. The number of nitrogens with zero attached hydrogens (tertiary/aromatic N) is 1. The van der Waals surface area contributed by atoms with Crippen molar-refractivity contribution in [3.8, 4) is 5.75 Å². The van der Waals surface area contributed by atoms with Crippen molar-refractivity contribution >= 4 is 21.6 Å². The van der Waals surface area contributed by atoms with Crippen LogP contribution in [0.5, 0.6) is 5.75 Å². The quantitative estimate of drug-likeness (QED) is 0.856. The lowest BCUT2D eigenvalue weighted by Crippen LogP contribution is -2.25. The summed E-state index contributed by atoms with van der Waals surface area (Å²) in [6.45, 7) is 3.36. The second-order valence-corrected chi connectivity index (χ2v) is 5.93. The van der Waals surface area contributed by atoms with Crippen molar-refractivity contribution in [2.45, 2.75) is 13.1 Å². The Labute approximate surface area is 127 Å². The van der Waals surface area contributed by atoms with E-state index in [1.807, 2.05) is 24.3 Å². The average molecular weight is 333 g/mol. The summed E-state index contributed by atoms with van der Waals surface area (Å²) in [6.07, 6.45) is 0. The van der Waals surface area contributed by atoms with Crippen molar-refractivity contribution < 1.29 is 4.74 Å². The highest BCUT2D eigenvalue weighted by atomic mass is 79.9. The van der Waals surface area contributed by atoms with Gasteiger partial charge in [0.1, 0.15) is 12.4 Å². The van der Waals surface area contributed by atoms with Crippen LogP contribution in [-0.2, 0) is 13.1 Å². The van der Waals surface area contributed by atoms with Crippen LogP contribution in [-0.4, -0.2) is 18.1 Å². The number of halogens is 1. The van der Waals surface area contributed by atoms with Crippen molar-refractivity contribution in [1.82, 2.24) is 4.90 Å². The molecular formula is C16H17BrN2O. The van der Waals surface area contributed by atoms with Gasteiger partial charge in [-0.25, -0.2) is 0 Å². The Kier molecular flexibility index (Phi) is 3.94. The molecule has 0 aromatic heterocycles. The van der Waals surface area contributed by atoms with E-state index in [1.165, 1.54) is 5.56 Å². The first-order chi connectivity index (χ1) is 9.72. The van der Waals surface area contributed by atoms with E-state index in [9.17, 15) is 0 Å². The maximum atomic E-state index is 6.08. The Hall–Kier alpha value is -1.52. The van der Waals surface area contributed by atoms with E-state index in [-0.39, 0.29) is 0 Å². The van der Waals surface area contributed by atoms with Crippen LogP contribution < -0.4 is 10.5 Å². The number of nitrogen functional groups attached to an aromatic ring is 1. The van der Waals surface area contributed by atoms with Gasteiger partial charge in [-0.15, -0.1) is 0 Å². The topological polar surface area (TPSA) is 38.5 Å². The lowest BCUT2D eigenvalue weighted by atomic mass is 10.1. The summed E-state index contributed by atoms with van der Waals surface area (Å²) in [5, 5.41) is 0. The summed E-state index contributed by atoms with van der Waals surface area (Å²) < 4.78 is 6.80. The van der Waals surface area contributed by atoms with Crippen LogP contribution in [0.15, 0.2) is 46.9 Å². The predicted octanol–water partition coefficient (Wildman–Crippen LogP) is 3.43. The van der Waals surface area contributed by atoms with E-state index < -0.39 is 0 Å². The molecule has 3 rings (SSSR count). The molecule has 1 heterocycles. The Morgan fingerprint density at radius 3 is 2.90 bits per heavy atom. The van der Waals surface area contributed by atoms with E-state index >= 15 is 0 Å². The van der Waals surface area contributed by atoms with Crippen LogP contribution in [0.4, 0.5) is 5.69 Å². The van der Waals surface area contributed by atoms with E-state index in [0.29, 0.717) is 6.61 Å². The molecule has 4 heteroatoms. The molecule has 20 heavy (non-hydrogen) atoms. The van der Waals surface area contributed by atoms with Crippen molar-refractivity contribution in [2.24, 2.45) is 0 Å². The summed E-state index contributed by atoms with van der Waals surface area (Å²) >= 11 is 3.44. The first-order valence-corrected chi connectivity index (χ1v) is 7.48. The van der Waals surface area contributed by atoms with Gasteiger partial charge < -0.3 is 10.5 Å². The summed E-state index contributed by atoms with van der Waals surface area (Å²) in [5.41, 5.74) is 9.31. The fourth-order valence-corrected chi connectivity index (χ4v) is 2.84. The third kappa shape index (κ3) is 2.97. The molecule has 0 amide bonds. The molecule has 1 aliphatic heterocycles. The summed E-state index contributed by atoms with van der Waals surface area (Å²) in [5.74, 6) is 0.999. The molecule has 0 fully saturated rings. The zero-order chi connectivity index (χ0) is 13.9. The number of hydrogen-bond donors (Lipinski definition) is 1. The minimum Gasteiger partial charge on any atom is -0.492 e. The number of rotatable bonds is 2. The van der Waals surface area contributed by atoms with Gasteiger partial charge in [-0.2, -0.15) is 0 Å². The molecule has 0 aliphatic carbocycles. The molecule has 1 aliphatic rings. The van der Waals surface area contributed by atoms with Gasteiger partial charge in [-0.1, -0.05) is 40.2 Å². The van der Waals surface area contributed by atoms with Gasteiger partial charge in [0.15, 0.2) is 0 Å². The fourth-order valence-electron chi connectivity index (χ4n) is 2.47. The number of nitrogens with two attached hydrogens (primary N) is 1. The monoisotopic (exact) mass is 332 g/mol. The van der Waals surface area contributed by atoms with Crippen molar-refractivity contribution in [1.29, 1.82) is 0 Å². The maximum Gasteiger partial charge on any atom is 0.123 e. The number of fused-ring (bicyclic) bond motifs is 1. The van der Waals surface area contributed by atoms with Gasteiger partial charge in [0.05, 0.1) is 0 Å². The van der Waals surface area contributed by atoms with E-state index in [1.54, 1.807) is 0 Å². The molecule has 0 radical (unpaired) electrons. The summed E-state index contributed by atoms with van der Waals surface area (Å²) in [4.78, 5) is 2.37. The first kappa shape index (κ1) is 13.5.